The number of carbonyl (C=O) groups is 1. The van der Waals surface area contributed by atoms with E-state index in [1.54, 1.807) is 11.3 Å². The third kappa shape index (κ3) is 2.30. The molecule has 19 heavy (non-hydrogen) atoms. The van der Waals surface area contributed by atoms with Crippen LogP contribution in [0.1, 0.15) is 27.0 Å². The van der Waals surface area contributed by atoms with Crippen LogP contribution in [0.15, 0.2) is 36.4 Å². The lowest BCUT2D eigenvalue weighted by Gasteiger charge is -2.23. The fourth-order valence-electron chi connectivity index (χ4n) is 2.69. The molecule has 2 aromatic rings. The number of fused-ring (bicyclic) bond motifs is 1. The molecule has 1 aromatic heterocycles. The zero-order chi connectivity index (χ0) is 13.4. The van der Waals surface area contributed by atoms with Gasteiger partial charge in [0.25, 0.3) is 0 Å². The van der Waals surface area contributed by atoms with E-state index in [-0.39, 0.29) is 5.78 Å². The van der Waals surface area contributed by atoms with Crippen molar-refractivity contribution in [2.45, 2.75) is 26.3 Å². The summed E-state index contributed by atoms with van der Waals surface area (Å²) in [4.78, 5) is 16.6. The maximum atomic E-state index is 12.3. The fraction of sp³-hybridized carbons (Fsp3) is 0.312. The van der Waals surface area contributed by atoms with Crippen molar-refractivity contribution in [3.8, 4) is 0 Å². The van der Waals surface area contributed by atoms with Crippen molar-refractivity contribution in [1.29, 1.82) is 0 Å². The normalized spacial score (nSPS) is 17.6. The van der Waals surface area contributed by atoms with E-state index in [9.17, 15) is 4.79 Å². The number of carbonyl (C=O) groups excluding carboxylic acids is 1. The van der Waals surface area contributed by atoms with Crippen molar-refractivity contribution >= 4 is 22.8 Å². The van der Waals surface area contributed by atoms with E-state index in [1.807, 2.05) is 25.1 Å². The summed E-state index contributed by atoms with van der Waals surface area (Å²) >= 11 is 1.59. The molecule has 0 bridgehead atoms. The van der Waals surface area contributed by atoms with Gasteiger partial charge in [0.15, 0.2) is 5.78 Å². The van der Waals surface area contributed by atoms with Crippen LogP contribution in [0.25, 0.3) is 0 Å². The van der Waals surface area contributed by atoms with E-state index in [1.165, 1.54) is 16.1 Å². The molecule has 1 aliphatic heterocycles. The molecule has 1 aromatic carbocycles. The summed E-state index contributed by atoms with van der Waals surface area (Å²) in [5, 5.41) is 0. The largest absolute Gasteiger partial charge is 0.361 e. The summed E-state index contributed by atoms with van der Waals surface area (Å²) in [6.45, 7) is 4.71. The maximum Gasteiger partial charge on any atom is 0.191 e. The van der Waals surface area contributed by atoms with Crippen LogP contribution < -0.4 is 4.90 Å². The monoisotopic (exact) mass is 271 g/mol. The van der Waals surface area contributed by atoms with Gasteiger partial charge in [0.05, 0.1) is 11.4 Å². The molecule has 0 amide bonds. The average Bonchev–Trinajstić information content (AvgIpc) is 2.95. The first-order valence-corrected chi connectivity index (χ1v) is 7.41. The zero-order valence-electron chi connectivity index (χ0n) is 11.2. The number of hydrogen-bond donors (Lipinski definition) is 0. The van der Waals surface area contributed by atoms with E-state index in [2.05, 4.69) is 30.0 Å². The second-order valence-electron chi connectivity index (χ2n) is 5.14. The molecule has 3 heteroatoms. The Bertz CT molecular complexity index is 617. The minimum absolute atomic E-state index is 0.224. The van der Waals surface area contributed by atoms with E-state index < -0.39 is 0 Å². The summed E-state index contributed by atoms with van der Waals surface area (Å²) in [6, 6.07) is 12.7. The van der Waals surface area contributed by atoms with Gasteiger partial charge in [-0.3, -0.25) is 4.79 Å². The summed E-state index contributed by atoms with van der Waals surface area (Å²) in [5.41, 5.74) is 2.57. The molecular formula is C16H17NOS. The predicted molar refractivity (Wildman–Crippen MR) is 80.3 cm³/mol. The number of thiophene rings is 1. The molecule has 1 atom stereocenters. The molecule has 0 fully saturated rings. The number of ketones is 1. The Kier molecular flexibility index (Phi) is 3.15. The highest BCUT2D eigenvalue weighted by Crippen LogP contribution is 2.32. The van der Waals surface area contributed by atoms with Crippen molar-refractivity contribution in [2.75, 3.05) is 11.4 Å². The molecule has 2 nitrogen and oxygen atoms in total. The second kappa shape index (κ2) is 4.82. The van der Waals surface area contributed by atoms with Gasteiger partial charge in [0.1, 0.15) is 0 Å². The molecule has 0 saturated heterocycles. The second-order valence-corrected chi connectivity index (χ2v) is 6.43. The van der Waals surface area contributed by atoms with Gasteiger partial charge >= 0.3 is 0 Å². The Morgan fingerprint density at radius 3 is 2.84 bits per heavy atom. The highest BCUT2D eigenvalue weighted by Gasteiger charge is 2.27. The third-order valence-electron chi connectivity index (χ3n) is 3.68. The van der Waals surface area contributed by atoms with Gasteiger partial charge in [-0.25, -0.2) is 0 Å². The smallest absolute Gasteiger partial charge is 0.191 e. The van der Waals surface area contributed by atoms with Crippen LogP contribution in [0.2, 0.25) is 0 Å². The Morgan fingerprint density at radius 1 is 1.32 bits per heavy atom. The lowest BCUT2D eigenvalue weighted by Crippen LogP contribution is -2.34. The topological polar surface area (TPSA) is 20.3 Å². The lowest BCUT2D eigenvalue weighted by atomic mass is 10.1. The molecule has 0 aliphatic carbocycles. The molecule has 1 aliphatic rings. The fourth-order valence-corrected chi connectivity index (χ4v) is 3.48. The first kappa shape index (κ1) is 12.4. The minimum Gasteiger partial charge on any atom is -0.361 e. The third-order valence-corrected chi connectivity index (χ3v) is 4.72. The molecule has 1 unspecified atom stereocenters. The average molecular weight is 271 g/mol. The van der Waals surface area contributed by atoms with E-state index in [4.69, 9.17) is 0 Å². The quantitative estimate of drug-likeness (QED) is 0.794. The minimum atomic E-state index is 0.224. The van der Waals surface area contributed by atoms with E-state index in [0.717, 1.165) is 11.3 Å². The number of benzene rings is 1. The van der Waals surface area contributed by atoms with Gasteiger partial charge < -0.3 is 4.90 Å². The van der Waals surface area contributed by atoms with Crippen LogP contribution in [0.3, 0.4) is 0 Å². The molecule has 98 valence electrons. The number of nitrogens with zero attached hydrogens (tertiary/aromatic N) is 1. The van der Waals surface area contributed by atoms with Crippen LogP contribution >= 0.6 is 11.3 Å². The SMILES string of the molecule is Cc1ccc(C(=O)CN2c3ccccc3CC2C)s1. The van der Waals surface area contributed by atoms with Crippen molar-refractivity contribution in [2.24, 2.45) is 0 Å². The van der Waals surface area contributed by atoms with Crippen LogP contribution in [0, 0.1) is 6.92 Å². The first-order chi connectivity index (χ1) is 9.15. The number of para-hydroxylation sites is 1. The Hall–Kier alpha value is -1.61. The Labute approximate surface area is 117 Å². The van der Waals surface area contributed by atoms with Crippen molar-refractivity contribution in [3.05, 3.63) is 51.7 Å². The highest BCUT2D eigenvalue weighted by molar-refractivity contribution is 7.14. The molecule has 0 N–H and O–H groups in total. The Balaban J connectivity index is 1.82. The van der Waals surface area contributed by atoms with Crippen molar-refractivity contribution < 1.29 is 4.79 Å². The van der Waals surface area contributed by atoms with Gasteiger partial charge in [0, 0.05) is 16.6 Å². The zero-order valence-corrected chi connectivity index (χ0v) is 12.0. The molecule has 0 radical (unpaired) electrons. The van der Waals surface area contributed by atoms with Gasteiger partial charge in [-0.05, 0) is 44.0 Å². The summed E-state index contributed by atoms with van der Waals surface area (Å²) in [5.74, 6) is 0.224. The van der Waals surface area contributed by atoms with Gasteiger partial charge in [-0.2, -0.15) is 0 Å². The van der Waals surface area contributed by atoms with Gasteiger partial charge in [-0.15, -0.1) is 11.3 Å². The maximum absolute atomic E-state index is 12.3. The number of Topliss-reactive ketones (excluding diaryl/α,β-unsaturated/α-hetero) is 1. The Morgan fingerprint density at radius 2 is 2.11 bits per heavy atom. The number of rotatable bonds is 3. The summed E-state index contributed by atoms with van der Waals surface area (Å²) in [7, 11) is 0. The number of anilines is 1. The molecule has 0 spiro atoms. The van der Waals surface area contributed by atoms with Crippen LogP contribution in [0.4, 0.5) is 5.69 Å². The van der Waals surface area contributed by atoms with Gasteiger partial charge in [0.2, 0.25) is 0 Å². The van der Waals surface area contributed by atoms with Crippen LogP contribution in [-0.2, 0) is 6.42 Å². The summed E-state index contributed by atoms with van der Waals surface area (Å²) < 4.78 is 0. The summed E-state index contributed by atoms with van der Waals surface area (Å²) in [6.07, 6.45) is 1.03. The lowest BCUT2D eigenvalue weighted by molar-refractivity contribution is 0.100. The van der Waals surface area contributed by atoms with E-state index in [0.29, 0.717) is 12.6 Å². The highest BCUT2D eigenvalue weighted by atomic mass is 32.1. The van der Waals surface area contributed by atoms with E-state index >= 15 is 0 Å². The predicted octanol–water partition coefficient (Wildman–Crippen LogP) is 3.69. The van der Waals surface area contributed by atoms with Crippen LogP contribution in [-0.4, -0.2) is 18.4 Å². The standard InChI is InChI=1S/C16H17NOS/c1-11-9-13-5-3-4-6-14(13)17(11)10-15(18)16-8-7-12(2)19-16/h3-8,11H,9-10H2,1-2H3. The number of aryl methyl sites for hydroxylation is 1. The molecular weight excluding hydrogens is 254 g/mol. The van der Waals surface area contributed by atoms with Gasteiger partial charge in [-0.1, -0.05) is 18.2 Å². The van der Waals surface area contributed by atoms with Crippen LogP contribution in [0.5, 0.6) is 0 Å². The molecule has 0 saturated carbocycles. The molecule has 2 heterocycles. The molecule has 3 rings (SSSR count). The number of hydrogen-bond acceptors (Lipinski definition) is 3. The first-order valence-electron chi connectivity index (χ1n) is 6.59. The van der Waals surface area contributed by atoms with Crippen molar-refractivity contribution in [1.82, 2.24) is 0 Å². The van der Waals surface area contributed by atoms with Crippen molar-refractivity contribution in [3.63, 3.8) is 0 Å².